The number of aromatic amines is 2. The Bertz CT molecular complexity index is 513. The largest absolute Gasteiger partial charge is 0.491 e. The summed E-state index contributed by atoms with van der Waals surface area (Å²) in [6, 6.07) is 9.01. The monoisotopic (exact) mass is 234 g/mol. The fraction of sp³-hybridized carbons (Fsp3) is 0.250. The van der Waals surface area contributed by atoms with Crippen molar-refractivity contribution in [2.75, 3.05) is 20.3 Å². The van der Waals surface area contributed by atoms with Crippen LogP contribution in [-0.2, 0) is 4.74 Å². The van der Waals surface area contributed by atoms with E-state index < -0.39 is 0 Å². The van der Waals surface area contributed by atoms with E-state index in [1.807, 2.05) is 24.3 Å². The van der Waals surface area contributed by atoms with Crippen LogP contribution in [0.5, 0.6) is 5.75 Å². The van der Waals surface area contributed by atoms with Gasteiger partial charge in [-0.15, -0.1) is 0 Å². The molecule has 0 aliphatic rings. The zero-order chi connectivity index (χ0) is 12.1. The molecule has 0 unspecified atom stereocenters. The lowest BCUT2D eigenvalue weighted by atomic mass is 10.1. The van der Waals surface area contributed by atoms with Crippen LogP contribution >= 0.6 is 0 Å². The Morgan fingerprint density at radius 1 is 1.12 bits per heavy atom. The van der Waals surface area contributed by atoms with Crippen LogP contribution in [0, 0.1) is 0 Å². The van der Waals surface area contributed by atoms with Crippen molar-refractivity contribution >= 4 is 0 Å². The quantitative estimate of drug-likeness (QED) is 0.768. The molecule has 17 heavy (non-hydrogen) atoms. The highest BCUT2D eigenvalue weighted by atomic mass is 16.5. The van der Waals surface area contributed by atoms with E-state index in [2.05, 4.69) is 10.2 Å². The molecule has 1 aromatic heterocycles. The minimum Gasteiger partial charge on any atom is -0.491 e. The smallest absolute Gasteiger partial charge is 0.264 e. The van der Waals surface area contributed by atoms with Gasteiger partial charge in [-0.3, -0.25) is 15.0 Å². The summed E-state index contributed by atoms with van der Waals surface area (Å²) in [4.78, 5) is 11.0. The summed E-state index contributed by atoms with van der Waals surface area (Å²) < 4.78 is 10.3. The van der Waals surface area contributed by atoms with E-state index in [0.717, 1.165) is 17.0 Å². The van der Waals surface area contributed by atoms with E-state index in [1.54, 1.807) is 7.11 Å². The standard InChI is InChI=1S/C12H14N2O3/c1-16-6-7-17-10-4-2-9(3-5-10)11-8-12(15)14-13-11/h2-5,8H,6-7H2,1H3,(H2,13,14,15). The molecule has 5 heteroatoms. The number of benzene rings is 1. The maximum absolute atomic E-state index is 11.0. The normalized spacial score (nSPS) is 10.4. The van der Waals surface area contributed by atoms with Crippen LogP contribution in [0.2, 0.25) is 0 Å². The molecule has 0 atom stereocenters. The van der Waals surface area contributed by atoms with Gasteiger partial charge in [-0.25, -0.2) is 0 Å². The molecule has 2 N–H and O–H groups in total. The summed E-state index contributed by atoms with van der Waals surface area (Å²) in [5.41, 5.74) is 1.56. The SMILES string of the molecule is COCCOc1ccc(-c2cc(=O)[nH][nH]2)cc1. The Kier molecular flexibility index (Phi) is 3.62. The lowest BCUT2D eigenvalue weighted by molar-refractivity contribution is 0.146. The van der Waals surface area contributed by atoms with E-state index in [1.165, 1.54) is 6.07 Å². The van der Waals surface area contributed by atoms with Crippen molar-refractivity contribution in [3.63, 3.8) is 0 Å². The number of aromatic nitrogens is 2. The average Bonchev–Trinajstić information content (AvgIpc) is 2.77. The molecule has 0 spiro atoms. The second-order valence-corrected chi connectivity index (χ2v) is 3.54. The number of methoxy groups -OCH3 is 1. The first-order chi connectivity index (χ1) is 8.29. The lowest BCUT2D eigenvalue weighted by Gasteiger charge is -2.05. The number of nitrogens with one attached hydrogen (secondary N) is 2. The summed E-state index contributed by atoms with van der Waals surface area (Å²) >= 11 is 0. The van der Waals surface area contributed by atoms with Gasteiger partial charge in [0.2, 0.25) is 0 Å². The third-order valence-corrected chi connectivity index (χ3v) is 2.32. The third-order valence-electron chi connectivity index (χ3n) is 2.32. The molecule has 0 fully saturated rings. The van der Waals surface area contributed by atoms with Crippen molar-refractivity contribution in [2.24, 2.45) is 0 Å². The average molecular weight is 234 g/mol. The summed E-state index contributed by atoms with van der Waals surface area (Å²) in [5, 5.41) is 5.29. The third kappa shape index (κ3) is 2.98. The maximum Gasteiger partial charge on any atom is 0.264 e. The Hall–Kier alpha value is -2.01. The number of H-pyrrole nitrogens is 2. The molecule has 0 amide bonds. The van der Waals surface area contributed by atoms with Crippen LogP contribution in [0.15, 0.2) is 35.1 Å². The molecule has 0 aliphatic heterocycles. The first-order valence-corrected chi connectivity index (χ1v) is 5.29. The summed E-state index contributed by atoms with van der Waals surface area (Å²) in [5.74, 6) is 0.781. The Balaban J connectivity index is 2.05. The molecule has 0 saturated carbocycles. The van der Waals surface area contributed by atoms with E-state index in [-0.39, 0.29) is 5.56 Å². The van der Waals surface area contributed by atoms with Gasteiger partial charge in [-0.1, -0.05) is 0 Å². The van der Waals surface area contributed by atoms with Crippen molar-refractivity contribution in [3.8, 4) is 17.0 Å². The molecule has 2 aromatic rings. The van der Waals surface area contributed by atoms with Crippen molar-refractivity contribution in [1.29, 1.82) is 0 Å². The first-order valence-electron chi connectivity index (χ1n) is 5.29. The van der Waals surface area contributed by atoms with Crippen LogP contribution in [-0.4, -0.2) is 30.5 Å². The molecular formula is C12H14N2O3. The maximum atomic E-state index is 11.0. The van der Waals surface area contributed by atoms with Crippen LogP contribution in [0.3, 0.4) is 0 Å². The van der Waals surface area contributed by atoms with Gasteiger partial charge in [0, 0.05) is 13.2 Å². The zero-order valence-electron chi connectivity index (χ0n) is 9.53. The van der Waals surface area contributed by atoms with Crippen LogP contribution in [0.4, 0.5) is 0 Å². The van der Waals surface area contributed by atoms with E-state index in [4.69, 9.17) is 9.47 Å². The molecule has 0 saturated heterocycles. The van der Waals surface area contributed by atoms with E-state index in [0.29, 0.717) is 13.2 Å². The van der Waals surface area contributed by atoms with Gasteiger partial charge in [0.1, 0.15) is 12.4 Å². The highest BCUT2D eigenvalue weighted by Crippen LogP contribution is 2.19. The van der Waals surface area contributed by atoms with Crippen molar-refractivity contribution in [1.82, 2.24) is 10.2 Å². The van der Waals surface area contributed by atoms with Gasteiger partial charge in [0.15, 0.2) is 0 Å². The van der Waals surface area contributed by atoms with E-state index >= 15 is 0 Å². The second kappa shape index (κ2) is 5.36. The summed E-state index contributed by atoms with van der Waals surface area (Å²) in [6.45, 7) is 1.09. The van der Waals surface area contributed by atoms with Crippen molar-refractivity contribution in [2.45, 2.75) is 0 Å². The highest BCUT2D eigenvalue weighted by Gasteiger charge is 2.00. The molecular weight excluding hydrogens is 220 g/mol. The van der Waals surface area contributed by atoms with Gasteiger partial charge in [0.25, 0.3) is 5.56 Å². The van der Waals surface area contributed by atoms with Crippen molar-refractivity contribution < 1.29 is 9.47 Å². The van der Waals surface area contributed by atoms with Crippen LogP contribution < -0.4 is 10.3 Å². The first kappa shape index (κ1) is 11.5. The number of rotatable bonds is 5. The fourth-order valence-corrected chi connectivity index (χ4v) is 1.46. The van der Waals surface area contributed by atoms with Gasteiger partial charge < -0.3 is 9.47 Å². The van der Waals surface area contributed by atoms with Crippen LogP contribution in [0.25, 0.3) is 11.3 Å². The number of ether oxygens (including phenoxy) is 2. The molecule has 1 aromatic carbocycles. The lowest BCUT2D eigenvalue weighted by Crippen LogP contribution is -2.03. The molecule has 5 nitrogen and oxygen atoms in total. The molecule has 90 valence electrons. The number of hydrogen-bond donors (Lipinski definition) is 2. The topological polar surface area (TPSA) is 67.1 Å². The molecule has 1 heterocycles. The second-order valence-electron chi connectivity index (χ2n) is 3.54. The minimum atomic E-state index is -0.138. The van der Waals surface area contributed by atoms with Gasteiger partial charge >= 0.3 is 0 Å². The molecule has 2 rings (SSSR count). The Morgan fingerprint density at radius 3 is 2.47 bits per heavy atom. The molecule has 0 aliphatic carbocycles. The van der Waals surface area contributed by atoms with Crippen LogP contribution in [0.1, 0.15) is 0 Å². The predicted octanol–water partition coefficient (Wildman–Crippen LogP) is 1.40. The number of hydrogen-bond acceptors (Lipinski definition) is 3. The van der Waals surface area contributed by atoms with Gasteiger partial charge in [0.05, 0.1) is 12.3 Å². The van der Waals surface area contributed by atoms with Gasteiger partial charge in [-0.2, -0.15) is 0 Å². The Labute approximate surface area is 98.4 Å². The van der Waals surface area contributed by atoms with Crippen molar-refractivity contribution in [3.05, 3.63) is 40.7 Å². The van der Waals surface area contributed by atoms with Gasteiger partial charge in [-0.05, 0) is 29.8 Å². The Morgan fingerprint density at radius 2 is 1.88 bits per heavy atom. The summed E-state index contributed by atoms with van der Waals surface area (Å²) in [7, 11) is 1.63. The highest BCUT2D eigenvalue weighted by molar-refractivity contribution is 5.59. The van der Waals surface area contributed by atoms with E-state index in [9.17, 15) is 4.79 Å². The fourth-order valence-electron chi connectivity index (χ4n) is 1.46. The molecule has 0 radical (unpaired) electrons. The molecule has 0 bridgehead atoms. The zero-order valence-corrected chi connectivity index (χ0v) is 9.53. The summed E-state index contributed by atoms with van der Waals surface area (Å²) in [6.07, 6.45) is 0. The predicted molar refractivity (Wildman–Crippen MR) is 64.2 cm³/mol. The minimum absolute atomic E-state index is 0.138.